The zero-order chi connectivity index (χ0) is 18.1. The predicted molar refractivity (Wildman–Crippen MR) is 102 cm³/mol. The summed E-state index contributed by atoms with van der Waals surface area (Å²) in [5, 5.41) is 9.36. The van der Waals surface area contributed by atoms with Crippen molar-refractivity contribution in [2.24, 2.45) is 5.92 Å². The van der Waals surface area contributed by atoms with E-state index in [2.05, 4.69) is 29.8 Å². The van der Waals surface area contributed by atoms with Gasteiger partial charge in [-0.25, -0.2) is 4.79 Å². The minimum Gasteiger partial charge on any atom is -0.380 e. The Labute approximate surface area is 155 Å². The van der Waals surface area contributed by atoms with Crippen molar-refractivity contribution in [3.05, 3.63) is 0 Å². The number of hydrogen-bond donors (Lipinski definition) is 3. The van der Waals surface area contributed by atoms with Crippen molar-refractivity contribution in [1.82, 2.24) is 16.0 Å². The molecule has 2 aliphatic rings. The van der Waals surface area contributed by atoms with Gasteiger partial charge in [0.2, 0.25) is 5.91 Å². The van der Waals surface area contributed by atoms with Crippen LogP contribution in [0.25, 0.3) is 0 Å². The van der Waals surface area contributed by atoms with Gasteiger partial charge >= 0.3 is 6.03 Å². The van der Waals surface area contributed by atoms with Crippen LogP contribution in [0.15, 0.2) is 0 Å². The van der Waals surface area contributed by atoms with Gasteiger partial charge in [-0.2, -0.15) is 11.8 Å². The molecule has 2 heterocycles. The molecule has 2 aliphatic heterocycles. The molecule has 4 unspecified atom stereocenters. The number of carbonyl (C=O) groups is 2. The van der Waals surface area contributed by atoms with E-state index in [1.165, 1.54) is 6.42 Å². The average Bonchev–Trinajstić information content (AvgIpc) is 3.14. The number of carbonyl (C=O) groups excluding carboxylic acids is 2. The number of amides is 3. The second kappa shape index (κ2) is 10.9. The number of ether oxygens (including phenoxy) is 1. The van der Waals surface area contributed by atoms with Crippen LogP contribution in [0.1, 0.15) is 52.4 Å². The second-order valence-electron chi connectivity index (χ2n) is 7.13. The summed E-state index contributed by atoms with van der Waals surface area (Å²) in [7, 11) is 0. The number of thioether (sulfide) groups is 1. The number of urea groups is 1. The van der Waals surface area contributed by atoms with E-state index in [-0.39, 0.29) is 24.0 Å². The lowest BCUT2D eigenvalue weighted by Crippen LogP contribution is -2.36. The van der Waals surface area contributed by atoms with Crippen LogP contribution >= 0.6 is 11.8 Å². The highest BCUT2D eigenvalue weighted by Gasteiger charge is 2.42. The van der Waals surface area contributed by atoms with Crippen molar-refractivity contribution in [1.29, 1.82) is 0 Å². The van der Waals surface area contributed by atoms with E-state index < -0.39 is 0 Å². The molecular formula is C18H33N3O3S. The maximum atomic E-state index is 11.8. The SMILES string of the molecule is CCC(C)CCOCCNC(=O)CCCCC1SCC2NC(=O)NC21. The summed E-state index contributed by atoms with van der Waals surface area (Å²) >= 11 is 1.93. The van der Waals surface area contributed by atoms with E-state index in [0.717, 1.165) is 38.0 Å². The third-order valence-electron chi connectivity index (χ3n) is 5.10. The van der Waals surface area contributed by atoms with Gasteiger partial charge < -0.3 is 20.7 Å². The van der Waals surface area contributed by atoms with Crippen LogP contribution in [-0.2, 0) is 9.53 Å². The van der Waals surface area contributed by atoms with Gasteiger partial charge in [0.15, 0.2) is 0 Å². The van der Waals surface area contributed by atoms with Crippen LogP contribution in [0.5, 0.6) is 0 Å². The molecule has 7 heteroatoms. The number of fused-ring (bicyclic) bond motifs is 1. The van der Waals surface area contributed by atoms with E-state index in [9.17, 15) is 9.59 Å². The van der Waals surface area contributed by atoms with Gasteiger partial charge in [-0.1, -0.05) is 26.7 Å². The molecule has 0 spiro atoms. The first-order chi connectivity index (χ1) is 12.1. The Kier molecular flexibility index (Phi) is 8.89. The van der Waals surface area contributed by atoms with Gasteiger partial charge in [0.05, 0.1) is 18.7 Å². The van der Waals surface area contributed by atoms with Gasteiger partial charge in [0, 0.05) is 30.6 Å². The van der Waals surface area contributed by atoms with E-state index in [1.54, 1.807) is 0 Å². The molecule has 0 radical (unpaired) electrons. The minimum absolute atomic E-state index is 0.0361. The van der Waals surface area contributed by atoms with Crippen molar-refractivity contribution in [2.45, 2.75) is 69.7 Å². The molecule has 2 saturated heterocycles. The quantitative estimate of drug-likeness (QED) is 0.363. The second-order valence-corrected chi connectivity index (χ2v) is 8.40. The minimum atomic E-state index is -0.0361. The Balaban J connectivity index is 1.43. The molecule has 0 aromatic carbocycles. The molecule has 6 nitrogen and oxygen atoms in total. The van der Waals surface area contributed by atoms with E-state index in [0.29, 0.717) is 30.7 Å². The Morgan fingerprint density at radius 1 is 1.36 bits per heavy atom. The van der Waals surface area contributed by atoms with Crippen LogP contribution in [0, 0.1) is 5.92 Å². The van der Waals surface area contributed by atoms with Crippen LogP contribution in [0.4, 0.5) is 4.79 Å². The van der Waals surface area contributed by atoms with Crippen LogP contribution in [-0.4, -0.2) is 54.8 Å². The van der Waals surface area contributed by atoms with Crippen molar-refractivity contribution >= 4 is 23.7 Å². The van der Waals surface area contributed by atoms with Gasteiger partial charge in [-0.3, -0.25) is 4.79 Å². The molecule has 0 bridgehead atoms. The normalized spacial score (nSPS) is 26.0. The average molecular weight is 372 g/mol. The highest BCUT2D eigenvalue weighted by Crippen LogP contribution is 2.33. The Bertz CT molecular complexity index is 436. The zero-order valence-corrected chi connectivity index (χ0v) is 16.3. The summed E-state index contributed by atoms with van der Waals surface area (Å²) in [5.74, 6) is 1.81. The number of hydrogen-bond acceptors (Lipinski definition) is 4. The molecule has 144 valence electrons. The fourth-order valence-corrected chi connectivity index (χ4v) is 4.76. The first-order valence-corrected chi connectivity index (χ1v) is 10.7. The molecule has 25 heavy (non-hydrogen) atoms. The van der Waals surface area contributed by atoms with Crippen molar-refractivity contribution in [3.8, 4) is 0 Å². The van der Waals surface area contributed by atoms with Crippen LogP contribution in [0.3, 0.4) is 0 Å². The van der Waals surface area contributed by atoms with E-state index >= 15 is 0 Å². The fourth-order valence-electron chi connectivity index (χ4n) is 3.22. The number of nitrogens with one attached hydrogen (secondary N) is 3. The summed E-state index contributed by atoms with van der Waals surface area (Å²) in [4.78, 5) is 23.2. The topological polar surface area (TPSA) is 79.5 Å². The van der Waals surface area contributed by atoms with Crippen LogP contribution in [0.2, 0.25) is 0 Å². The smallest absolute Gasteiger partial charge is 0.315 e. The van der Waals surface area contributed by atoms with Gasteiger partial charge in [-0.15, -0.1) is 0 Å². The molecule has 3 N–H and O–H groups in total. The maximum Gasteiger partial charge on any atom is 0.315 e. The van der Waals surface area contributed by atoms with Crippen molar-refractivity contribution in [3.63, 3.8) is 0 Å². The largest absolute Gasteiger partial charge is 0.380 e. The number of unbranched alkanes of at least 4 members (excludes halogenated alkanes) is 1. The fraction of sp³-hybridized carbons (Fsp3) is 0.889. The predicted octanol–water partition coefficient (Wildman–Crippen LogP) is 2.28. The van der Waals surface area contributed by atoms with Crippen molar-refractivity contribution in [2.75, 3.05) is 25.5 Å². The summed E-state index contributed by atoms with van der Waals surface area (Å²) in [6.45, 7) is 6.38. The van der Waals surface area contributed by atoms with Gasteiger partial charge in [0.1, 0.15) is 0 Å². The van der Waals surface area contributed by atoms with Crippen molar-refractivity contribution < 1.29 is 14.3 Å². The summed E-state index contributed by atoms with van der Waals surface area (Å²) in [6.07, 6.45) is 5.82. The zero-order valence-electron chi connectivity index (χ0n) is 15.5. The number of rotatable bonds is 12. The molecule has 0 aromatic heterocycles. The molecule has 4 atom stereocenters. The van der Waals surface area contributed by atoms with Gasteiger partial charge in [-0.05, 0) is 25.2 Å². The molecule has 2 fully saturated rings. The standard InChI is InChI=1S/C18H33N3O3S/c1-3-13(2)8-10-24-11-9-19-16(22)7-5-4-6-15-17-14(12-25-15)20-18(23)21-17/h13-15,17H,3-12H2,1-2H3,(H,19,22)(H2,20,21,23). The van der Waals surface area contributed by atoms with Crippen LogP contribution < -0.4 is 16.0 Å². The van der Waals surface area contributed by atoms with Gasteiger partial charge in [0.25, 0.3) is 0 Å². The Morgan fingerprint density at radius 2 is 2.20 bits per heavy atom. The molecular weight excluding hydrogens is 338 g/mol. The molecule has 0 saturated carbocycles. The lowest BCUT2D eigenvalue weighted by molar-refractivity contribution is -0.121. The van der Waals surface area contributed by atoms with E-state index in [1.807, 2.05) is 11.8 Å². The van der Waals surface area contributed by atoms with E-state index in [4.69, 9.17) is 4.74 Å². The molecule has 0 aromatic rings. The summed E-state index contributed by atoms with van der Waals surface area (Å²) in [6, 6.07) is 0.510. The highest BCUT2D eigenvalue weighted by molar-refractivity contribution is 8.00. The summed E-state index contributed by atoms with van der Waals surface area (Å²) < 4.78 is 5.54. The lowest BCUT2D eigenvalue weighted by atomic mass is 10.0. The third-order valence-corrected chi connectivity index (χ3v) is 6.61. The first-order valence-electron chi connectivity index (χ1n) is 9.63. The molecule has 2 rings (SSSR count). The maximum absolute atomic E-state index is 11.8. The Hall–Kier alpha value is -0.950. The highest BCUT2D eigenvalue weighted by atomic mass is 32.2. The molecule has 0 aliphatic carbocycles. The lowest BCUT2D eigenvalue weighted by Gasteiger charge is -2.16. The Morgan fingerprint density at radius 3 is 3.00 bits per heavy atom. The summed E-state index contributed by atoms with van der Waals surface area (Å²) in [5.41, 5.74) is 0. The molecule has 3 amide bonds. The first kappa shape index (κ1) is 20.4. The third kappa shape index (κ3) is 7.05. The monoisotopic (exact) mass is 371 g/mol.